The maximum Gasteiger partial charge on any atom is 0.280 e. The molecule has 3 aliphatic rings. The summed E-state index contributed by atoms with van der Waals surface area (Å²) >= 11 is 6.46. The third-order valence-corrected chi connectivity index (χ3v) is 9.29. The molecule has 1 aliphatic carbocycles. The number of alkyl halides is 4. The van der Waals surface area contributed by atoms with Gasteiger partial charge in [0.2, 0.25) is 0 Å². The van der Waals surface area contributed by atoms with Crippen LogP contribution in [-0.4, -0.2) is 78.1 Å². The van der Waals surface area contributed by atoms with Crippen LogP contribution in [-0.2, 0) is 4.74 Å². The largest absolute Gasteiger partial charge is 0.369 e. The summed E-state index contributed by atoms with van der Waals surface area (Å²) in [5.41, 5.74) is 3.67. The summed E-state index contributed by atoms with van der Waals surface area (Å²) in [4.78, 5) is 6.59. The maximum absolute atomic E-state index is 14.2. The number of benzene rings is 2. The van der Waals surface area contributed by atoms with Gasteiger partial charge < -0.3 is 19.6 Å². The van der Waals surface area contributed by atoms with E-state index in [1.807, 2.05) is 18.2 Å². The summed E-state index contributed by atoms with van der Waals surface area (Å²) < 4.78 is 61.6. The average Bonchev–Trinajstić information content (AvgIpc) is 3.39. The van der Waals surface area contributed by atoms with Crippen molar-refractivity contribution in [2.75, 3.05) is 62.2 Å². The summed E-state index contributed by atoms with van der Waals surface area (Å²) in [6.45, 7) is 6.64. The Hall–Kier alpha value is -2.86. The minimum Gasteiger partial charge on any atom is -0.369 e. The van der Waals surface area contributed by atoms with E-state index in [2.05, 4.69) is 44.1 Å². The molecule has 1 saturated carbocycles. The van der Waals surface area contributed by atoms with E-state index in [-0.39, 0.29) is 30.3 Å². The molecule has 3 fully saturated rings. The fraction of sp³-hybridized carbons (Fsp3) is 0.531. The van der Waals surface area contributed by atoms with Gasteiger partial charge in [-0.05, 0) is 49.6 Å². The number of aliphatic hydroxyl groups is 1. The van der Waals surface area contributed by atoms with Gasteiger partial charge >= 0.3 is 0 Å². The normalized spacial score (nSPS) is 22.9. The van der Waals surface area contributed by atoms with Crippen molar-refractivity contribution in [2.45, 2.75) is 50.9 Å². The van der Waals surface area contributed by atoms with E-state index in [4.69, 9.17) is 16.3 Å². The highest BCUT2D eigenvalue weighted by Gasteiger charge is 2.57. The Labute approximate surface area is 259 Å². The van der Waals surface area contributed by atoms with Crippen molar-refractivity contribution in [3.05, 3.63) is 64.9 Å². The van der Waals surface area contributed by atoms with Crippen LogP contribution in [0.4, 0.5) is 28.9 Å². The minimum absolute atomic E-state index is 0.00613. The summed E-state index contributed by atoms with van der Waals surface area (Å²) in [5, 5.41) is 15.1. The van der Waals surface area contributed by atoms with Gasteiger partial charge in [-0.25, -0.2) is 17.6 Å². The molecule has 6 rings (SSSR count). The molecule has 238 valence electrons. The second-order valence-electron chi connectivity index (χ2n) is 11.9. The zero-order valence-corrected chi connectivity index (χ0v) is 25.4. The minimum atomic E-state index is -2.82. The number of nitrogens with zero attached hydrogens (tertiary/aromatic N) is 5. The van der Waals surface area contributed by atoms with Gasteiger partial charge in [0, 0.05) is 86.7 Å². The van der Waals surface area contributed by atoms with Crippen molar-refractivity contribution in [3.63, 3.8) is 0 Å². The second-order valence-corrected chi connectivity index (χ2v) is 12.4. The molecule has 7 nitrogen and oxygen atoms in total. The van der Waals surface area contributed by atoms with Crippen LogP contribution >= 0.6 is 11.6 Å². The zero-order valence-electron chi connectivity index (χ0n) is 24.7. The van der Waals surface area contributed by atoms with Gasteiger partial charge in [0.25, 0.3) is 12.3 Å². The van der Waals surface area contributed by atoms with Crippen LogP contribution in [0.2, 0.25) is 5.02 Å². The van der Waals surface area contributed by atoms with Gasteiger partial charge in [0.15, 0.2) is 6.29 Å². The molecule has 0 radical (unpaired) electrons. The first kappa shape index (κ1) is 31.1. The number of halogens is 5. The average molecular weight is 636 g/mol. The predicted octanol–water partition coefficient (Wildman–Crippen LogP) is 6.79. The monoisotopic (exact) mass is 635 g/mol. The SMILES string of the molecule is CCOC(O)c1cnn(C2CCCN(c3cc(Cl)ccc3-c3ccc(N4CCN(CC5CC5(F)F)CC4)cc3)C2)c1C(F)F. The van der Waals surface area contributed by atoms with Crippen LogP contribution in [0.3, 0.4) is 0 Å². The fourth-order valence-electron chi connectivity index (χ4n) is 6.54. The highest BCUT2D eigenvalue weighted by Crippen LogP contribution is 2.49. The Bertz CT molecular complexity index is 1430. The van der Waals surface area contributed by atoms with E-state index >= 15 is 0 Å². The Balaban J connectivity index is 1.17. The number of anilines is 2. The van der Waals surface area contributed by atoms with Crippen molar-refractivity contribution < 1.29 is 27.4 Å². The highest BCUT2D eigenvalue weighted by molar-refractivity contribution is 6.31. The Morgan fingerprint density at radius 3 is 2.43 bits per heavy atom. The Morgan fingerprint density at radius 2 is 1.77 bits per heavy atom. The molecule has 1 aromatic heterocycles. The van der Waals surface area contributed by atoms with E-state index in [9.17, 15) is 22.7 Å². The molecule has 3 atom stereocenters. The lowest BCUT2D eigenvalue weighted by Crippen LogP contribution is -2.47. The number of piperazine rings is 1. The summed E-state index contributed by atoms with van der Waals surface area (Å²) in [5.74, 6) is -2.97. The van der Waals surface area contributed by atoms with Gasteiger partial charge in [-0.1, -0.05) is 29.8 Å². The third-order valence-electron chi connectivity index (χ3n) is 9.05. The smallest absolute Gasteiger partial charge is 0.280 e. The molecule has 3 unspecified atom stereocenters. The van der Waals surface area contributed by atoms with Crippen LogP contribution in [0.5, 0.6) is 0 Å². The van der Waals surface area contributed by atoms with Gasteiger partial charge in [-0.3, -0.25) is 9.58 Å². The van der Waals surface area contributed by atoms with E-state index in [0.717, 1.165) is 61.6 Å². The first-order chi connectivity index (χ1) is 21.1. The molecule has 12 heteroatoms. The molecule has 0 amide bonds. The summed E-state index contributed by atoms with van der Waals surface area (Å²) in [6.07, 6.45) is -1.55. The quantitative estimate of drug-likeness (QED) is 0.196. The van der Waals surface area contributed by atoms with Crippen molar-refractivity contribution in [3.8, 4) is 11.1 Å². The van der Waals surface area contributed by atoms with Gasteiger partial charge in [-0.15, -0.1) is 0 Å². The standard InChI is InChI=1S/C32H38ClF4N5O2/c1-2-44-31(43)27-18-38-42(29(27)30(34)35)25-4-3-11-41(20-25)28-16-23(33)7-10-26(28)21-5-8-24(9-6-21)40-14-12-39(13-15-40)19-22-17-32(22,36)37/h5-10,16,18,22,25,30-31,43H,2-4,11-15,17,19-20H2,1H3. The van der Waals surface area contributed by atoms with Crippen LogP contribution in [0, 0.1) is 5.92 Å². The first-order valence-electron chi connectivity index (χ1n) is 15.3. The van der Waals surface area contributed by atoms with Gasteiger partial charge in [0.1, 0.15) is 5.69 Å². The lowest BCUT2D eigenvalue weighted by molar-refractivity contribution is -0.0998. The van der Waals surface area contributed by atoms with Crippen LogP contribution in [0.1, 0.15) is 56.2 Å². The molecule has 44 heavy (non-hydrogen) atoms. The van der Waals surface area contributed by atoms with E-state index < -0.39 is 24.6 Å². The van der Waals surface area contributed by atoms with E-state index in [1.165, 1.54) is 10.9 Å². The highest BCUT2D eigenvalue weighted by atomic mass is 35.5. The van der Waals surface area contributed by atoms with Crippen molar-refractivity contribution in [1.82, 2.24) is 14.7 Å². The molecule has 3 heterocycles. The number of aromatic nitrogens is 2. The van der Waals surface area contributed by atoms with Crippen molar-refractivity contribution >= 4 is 23.0 Å². The number of aliphatic hydroxyl groups excluding tert-OH is 1. The Kier molecular flexibility index (Phi) is 9.10. The van der Waals surface area contributed by atoms with Crippen LogP contribution < -0.4 is 9.80 Å². The molecule has 2 aliphatic heterocycles. The number of rotatable bonds is 10. The Morgan fingerprint density at radius 1 is 1.05 bits per heavy atom. The number of ether oxygens (including phenoxy) is 1. The lowest BCUT2D eigenvalue weighted by atomic mass is 9.99. The topological polar surface area (TPSA) is 57.0 Å². The zero-order chi connectivity index (χ0) is 31.0. The third kappa shape index (κ3) is 6.56. The van der Waals surface area contributed by atoms with Crippen LogP contribution in [0.25, 0.3) is 11.1 Å². The summed E-state index contributed by atoms with van der Waals surface area (Å²) in [7, 11) is 0. The fourth-order valence-corrected chi connectivity index (χ4v) is 6.71. The first-order valence-corrected chi connectivity index (χ1v) is 15.7. The van der Waals surface area contributed by atoms with E-state index in [1.54, 1.807) is 6.92 Å². The number of hydrogen-bond acceptors (Lipinski definition) is 6. The lowest BCUT2D eigenvalue weighted by Gasteiger charge is -2.37. The number of piperidine rings is 1. The van der Waals surface area contributed by atoms with Crippen LogP contribution in [0.15, 0.2) is 48.7 Å². The van der Waals surface area contributed by atoms with Gasteiger partial charge in [0.05, 0.1) is 17.8 Å². The second kappa shape index (κ2) is 12.9. The van der Waals surface area contributed by atoms with Gasteiger partial charge in [-0.2, -0.15) is 5.10 Å². The van der Waals surface area contributed by atoms with Crippen molar-refractivity contribution in [2.24, 2.45) is 5.92 Å². The van der Waals surface area contributed by atoms with Crippen molar-refractivity contribution in [1.29, 1.82) is 0 Å². The molecule has 2 saturated heterocycles. The molecule has 2 aromatic carbocycles. The maximum atomic E-state index is 14.2. The molecular formula is C32H38ClF4N5O2. The molecular weight excluding hydrogens is 598 g/mol. The number of hydrogen-bond donors (Lipinski definition) is 1. The predicted molar refractivity (Wildman–Crippen MR) is 163 cm³/mol. The molecule has 1 N–H and O–H groups in total. The molecule has 0 bridgehead atoms. The van der Waals surface area contributed by atoms with E-state index in [0.29, 0.717) is 24.5 Å². The molecule has 0 spiro atoms. The molecule has 3 aromatic rings. The summed E-state index contributed by atoms with van der Waals surface area (Å²) in [6, 6.07) is 13.7.